The number of nitrogens with two attached hydrogens (primary N) is 1. The number of carbonyl (C=O) groups is 1. The lowest BCUT2D eigenvalue weighted by molar-refractivity contribution is -0.146. The minimum Gasteiger partial charge on any atom is -0.468 e. The van der Waals surface area contributed by atoms with E-state index in [9.17, 15) is 4.79 Å². The number of unbranched alkanes of at least 4 members (excludes halogenated alkanes) is 1. The summed E-state index contributed by atoms with van der Waals surface area (Å²) in [6.07, 6.45) is 2.70. The first kappa shape index (κ1) is 17.4. The van der Waals surface area contributed by atoms with E-state index in [2.05, 4.69) is 30.7 Å². The van der Waals surface area contributed by atoms with Gasteiger partial charge in [0.05, 0.1) is 7.11 Å². The molecule has 0 aromatic carbocycles. The van der Waals surface area contributed by atoms with E-state index in [0.717, 1.165) is 39.0 Å². The van der Waals surface area contributed by atoms with E-state index in [1.165, 1.54) is 7.11 Å². The normalized spacial score (nSPS) is 23.3. The third-order valence-electron chi connectivity index (χ3n) is 4.47. The molecule has 1 saturated heterocycles. The van der Waals surface area contributed by atoms with Crippen LogP contribution < -0.4 is 5.73 Å². The highest BCUT2D eigenvalue weighted by Crippen LogP contribution is 2.19. The quantitative estimate of drug-likeness (QED) is 0.584. The number of likely N-dealkylation sites (N-methyl/N-ethyl adjacent to an activating group) is 1. The average molecular weight is 285 g/mol. The van der Waals surface area contributed by atoms with Crippen molar-refractivity contribution in [3.8, 4) is 0 Å². The summed E-state index contributed by atoms with van der Waals surface area (Å²) in [4.78, 5) is 16.4. The number of carbonyl (C=O) groups excluding carboxylic acids is 1. The Labute approximate surface area is 123 Å². The van der Waals surface area contributed by atoms with Crippen molar-refractivity contribution in [1.29, 1.82) is 0 Å². The van der Waals surface area contributed by atoms with Gasteiger partial charge in [-0.25, -0.2) is 0 Å². The Balaban J connectivity index is 2.27. The molecule has 0 amide bonds. The molecule has 0 bridgehead atoms. The molecule has 0 spiro atoms. The smallest absolute Gasteiger partial charge is 0.325 e. The third kappa shape index (κ3) is 4.72. The van der Waals surface area contributed by atoms with Crippen LogP contribution in [-0.4, -0.2) is 67.2 Å². The monoisotopic (exact) mass is 285 g/mol. The van der Waals surface area contributed by atoms with Gasteiger partial charge in [-0.05, 0) is 53.6 Å². The molecule has 5 heteroatoms. The fourth-order valence-corrected chi connectivity index (χ4v) is 2.69. The number of methoxy groups -OCH3 is 1. The molecule has 0 aliphatic carbocycles. The molecule has 5 nitrogen and oxygen atoms in total. The highest BCUT2D eigenvalue weighted by molar-refractivity contribution is 5.79. The van der Waals surface area contributed by atoms with Crippen LogP contribution in [0.15, 0.2) is 0 Å². The maximum atomic E-state index is 11.5. The van der Waals surface area contributed by atoms with Gasteiger partial charge in [-0.2, -0.15) is 0 Å². The summed E-state index contributed by atoms with van der Waals surface area (Å²) < 4.78 is 4.72. The zero-order valence-corrected chi connectivity index (χ0v) is 13.7. The maximum absolute atomic E-state index is 11.5. The molecule has 1 atom stereocenters. The molecule has 0 saturated carbocycles. The Morgan fingerprint density at radius 3 is 2.55 bits per heavy atom. The summed E-state index contributed by atoms with van der Waals surface area (Å²) >= 11 is 0. The van der Waals surface area contributed by atoms with Crippen LogP contribution in [0.5, 0.6) is 0 Å². The molecule has 1 heterocycles. The van der Waals surface area contributed by atoms with Gasteiger partial charge in [-0.15, -0.1) is 0 Å². The summed E-state index contributed by atoms with van der Waals surface area (Å²) in [7, 11) is 3.58. The fourth-order valence-electron chi connectivity index (χ4n) is 2.69. The number of hydrogen-bond acceptors (Lipinski definition) is 5. The first-order valence-electron chi connectivity index (χ1n) is 7.50. The second-order valence-corrected chi connectivity index (χ2v) is 6.88. The molecule has 1 unspecified atom stereocenters. The van der Waals surface area contributed by atoms with Crippen LogP contribution in [0, 0.1) is 0 Å². The van der Waals surface area contributed by atoms with Crippen LogP contribution >= 0.6 is 0 Å². The van der Waals surface area contributed by atoms with Crippen molar-refractivity contribution in [1.82, 2.24) is 9.80 Å². The van der Waals surface area contributed by atoms with Gasteiger partial charge in [-0.1, -0.05) is 0 Å². The predicted molar refractivity (Wildman–Crippen MR) is 81.6 cm³/mol. The van der Waals surface area contributed by atoms with E-state index in [0.29, 0.717) is 6.42 Å². The minimum atomic E-state index is -0.851. The van der Waals surface area contributed by atoms with E-state index in [4.69, 9.17) is 10.5 Å². The lowest BCUT2D eigenvalue weighted by atomic mass is 9.95. The Kier molecular flexibility index (Phi) is 5.98. The summed E-state index contributed by atoms with van der Waals surface area (Å²) in [5.41, 5.74) is 5.35. The average Bonchev–Trinajstić information content (AvgIpc) is 2.37. The van der Waals surface area contributed by atoms with Crippen molar-refractivity contribution in [2.24, 2.45) is 5.73 Å². The lowest BCUT2D eigenvalue weighted by Crippen LogP contribution is -2.57. The van der Waals surface area contributed by atoms with Crippen LogP contribution in [0.25, 0.3) is 0 Å². The van der Waals surface area contributed by atoms with E-state index >= 15 is 0 Å². The zero-order valence-electron chi connectivity index (χ0n) is 13.7. The summed E-state index contributed by atoms with van der Waals surface area (Å²) in [6.45, 7) is 10.7. The standard InChI is InChI=1S/C15H31N3O2/c1-14(2)12-18(11-10-17(14)4)9-7-6-8-15(3,16)13(19)20-5/h6-12,16H2,1-5H3. The van der Waals surface area contributed by atoms with E-state index in [1.807, 2.05) is 0 Å². The van der Waals surface area contributed by atoms with E-state index in [-0.39, 0.29) is 11.5 Å². The Morgan fingerprint density at radius 1 is 1.35 bits per heavy atom. The third-order valence-corrected chi connectivity index (χ3v) is 4.47. The van der Waals surface area contributed by atoms with Crippen LogP contribution in [0.3, 0.4) is 0 Å². The van der Waals surface area contributed by atoms with E-state index in [1.54, 1.807) is 6.92 Å². The van der Waals surface area contributed by atoms with Crippen LogP contribution in [0.4, 0.5) is 0 Å². The number of nitrogens with zero attached hydrogens (tertiary/aromatic N) is 2. The Hall–Kier alpha value is -0.650. The molecule has 0 aromatic heterocycles. The lowest BCUT2D eigenvalue weighted by Gasteiger charge is -2.45. The highest BCUT2D eigenvalue weighted by Gasteiger charge is 2.31. The van der Waals surface area contributed by atoms with Crippen molar-refractivity contribution in [3.05, 3.63) is 0 Å². The second-order valence-electron chi connectivity index (χ2n) is 6.88. The van der Waals surface area contributed by atoms with Gasteiger partial charge in [0, 0.05) is 25.2 Å². The molecule has 20 heavy (non-hydrogen) atoms. The SMILES string of the molecule is COC(=O)C(C)(N)CCCCN1CCN(C)C(C)(C)C1. The summed E-state index contributed by atoms with van der Waals surface area (Å²) in [5.74, 6) is -0.321. The van der Waals surface area contributed by atoms with E-state index < -0.39 is 5.54 Å². The molecular weight excluding hydrogens is 254 g/mol. The predicted octanol–water partition coefficient (Wildman–Crippen LogP) is 1.07. The van der Waals surface area contributed by atoms with Crippen molar-refractivity contribution in [2.45, 2.75) is 51.1 Å². The first-order chi connectivity index (χ1) is 9.19. The molecule has 1 aliphatic rings. The van der Waals surface area contributed by atoms with Gasteiger partial charge in [0.2, 0.25) is 0 Å². The fraction of sp³-hybridized carbons (Fsp3) is 0.933. The van der Waals surface area contributed by atoms with Gasteiger partial charge in [0.1, 0.15) is 5.54 Å². The van der Waals surface area contributed by atoms with Gasteiger partial charge in [0.25, 0.3) is 0 Å². The number of hydrogen-bond donors (Lipinski definition) is 1. The number of rotatable bonds is 6. The van der Waals surface area contributed by atoms with Crippen molar-refractivity contribution in [3.63, 3.8) is 0 Å². The van der Waals surface area contributed by atoms with Gasteiger partial charge in [0.15, 0.2) is 0 Å². The molecule has 0 aromatic rings. The topological polar surface area (TPSA) is 58.8 Å². The summed E-state index contributed by atoms with van der Waals surface area (Å²) in [5, 5.41) is 0. The van der Waals surface area contributed by atoms with Gasteiger partial charge < -0.3 is 15.4 Å². The van der Waals surface area contributed by atoms with Crippen LogP contribution in [0.1, 0.15) is 40.0 Å². The van der Waals surface area contributed by atoms with Crippen molar-refractivity contribution in [2.75, 3.05) is 40.3 Å². The molecule has 1 rings (SSSR count). The first-order valence-corrected chi connectivity index (χ1v) is 7.50. The molecule has 2 N–H and O–H groups in total. The van der Waals surface area contributed by atoms with Crippen LogP contribution in [0.2, 0.25) is 0 Å². The van der Waals surface area contributed by atoms with Crippen molar-refractivity contribution < 1.29 is 9.53 Å². The minimum absolute atomic E-state index is 0.243. The molecular formula is C15H31N3O2. The molecule has 0 radical (unpaired) electrons. The second kappa shape index (κ2) is 6.87. The number of piperazine rings is 1. The largest absolute Gasteiger partial charge is 0.468 e. The van der Waals surface area contributed by atoms with Gasteiger partial charge >= 0.3 is 5.97 Å². The van der Waals surface area contributed by atoms with Crippen molar-refractivity contribution >= 4 is 5.97 Å². The number of esters is 1. The highest BCUT2D eigenvalue weighted by atomic mass is 16.5. The molecule has 1 fully saturated rings. The zero-order chi connectivity index (χ0) is 15.4. The molecule has 118 valence electrons. The summed E-state index contributed by atoms with van der Waals surface area (Å²) in [6, 6.07) is 0. The Bertz CT molecular complexity index is 329. The Morgan fingerprint density at radius 2 is 2.00 bits per heavy atom. The number of ether oxygens (including phenoxy) is 1. The van der Waals surface area contributed by atoms with Crippen LogP contribution in [-0.2, 0) is 9.53 Å². The molecule has 1 aliphatic heterocycles. The van der Waals surface area contributed by atoms with Gasteiger partial charge in [-0.3, -0.25) is 9.69 Å². The maximum Gasteiger partial charge on any atom is 0.325 e.